The van der Waals surface area contributed by atoms with Crippen molar-refractivity contribution in [1.29, 1.82) is 0 Å². The molecule has 31 heavy (non-hydrogen) atoms. The van der Waals surface area contributed by atoms with Gasteiger partial charge in [0.15, 0.2) is 11.5 Å². The van der Waals surface area contributed by atoms with E-state index in [2.05, 4.69) is 20.5 Å². The molecule has 3 rings (SSSR count). The number of piperazine rings is 1. The predicted molar refractivity (Wildman–Crippen MR) is 119 cm³/mol. The normalized spacial score (nSPS) is 14.1. The molecule has 1 fully saturated rings. The predicted octanol–water partition coefficient (Wildman–Crippen LogP) is 2.35. The van der Waals surface area contributed by atoms with Crippen molar-refractivity contribution in [2.24, 2.45) is 0 Å². The van der Waals surface area contributed by atoms with Crippen molar-refractivity contribution in [3.8, 4) is 11.5 Å². The number of anilines is 2. The van der Waals surface area contributed by atoms with E-state index >= 15 is 0 Å². The molecular weight excluding hydrogens is 398 g/mol. The van der Waals surface area contributed by atoms with Crippen molar-refractivity contribution in [3.05, 3.63) is 42.6 Å². The SMILES string of the molecule is CCOc1ccc(NC(=O)NC(=O)CN2CCN(c3ccccn3)CC2)cc1OCC. The first-order valence-electron chi connectivity index (χ1n) is 10.5. The van der Waals surface area contributed by atoms with Gasteiger partial charge in [-0.3, -0.25) is 15.0 Å². The number of ether oxygens (including phenoxy) is 2. The second kappa shape index (κ2) is 11.2. The zero-order chi connectivity index (χ0) is 22.1. The highest BCUT2D eigenvalue weighted by molar-refractivity contribution is 6.01. The maximum Gasteiger partial charge on any atom is 0.325 e. The lowest BCUT2D eigenvalue weighted by atomic mass is 10.2. The van der Waals surface area contributed by atoms with Gasteiger partial charge in [-0.25, -0.2) is 9.78 Å². The molecule has 2 heterocycles. The number of carbonyl (C=O) groups excluding carboxylic acids is 2. The van der Waals surface area contributed by atoms with Crippen LogP contribution in [0.4, 0.5) is 16.3 Å². The third-order valence-corrected chi connectivity index (χ3v) is 4.77. The Bertz CT molecular complexity index is 869. The van der Waals surface area contributed by atoms with Crippen molar-refractivity contribution in [2.45, 2.75) is 13.8 Å². The summed E-state index contributed by atoms with van der Waals surface area (Å²) in [4.78, 5) is 33.1. The van der Waals surface area contributed by atoms with Crippen LogP contribution in [0.2, 0.25) is 0 Å². The van der Waals surface area contributed by atoms with Gasteiger partial charge in [0.2, 0.25) is 5.91 Å². The van der Waals surface area contributed by atoms with Crippen LogP contribution in [0.25, 0.3) is 0 Å². The van der Waals surface area contributed by atoms with E-state index in [1.165, 1.54) is 0 Å². The lowest BCUT2D eigenvalue weighted by molar-refractivity contribution is -0.121. The number of carbonyl (C=O) groups is 2. The molecular formula is C22H29N5O4. The Kier molecular flexibility index (Phi) is 8.05. The van der Waals surface area contributed by atoms with Crippen LogP contribution >= 0.6 is 0 Å². The monoisotopic (exact) mass is 427 g/mol. The highest BCUT2D eigenvalue weighted by Gasteiger charge is 2.20. The number of hydrogen-bond acceptors (Lipinski definition) is 7. The number of benzene rings is 1. The average molecular weight is 428 g/mol. The minimum Gasteiger partial charge on any atom is -0.490 e. The van der Waals surface area contributed by atoms with Gasteiger partial charge in [0, 0.05) is 44.1 Å². The van der Waals surface area contributed by atoms with Gasteiger partial charge < -0.3 is 19.7 Å². The minimum atomic E-state index is -0.580. The second-order valence-corrected chi connectivity index (χ2v) is 6.98. The van der Waals surface area contributed by atoms with Gasteiger partial charge >= 0.3 is 6.03 Å². The van der Waals surface area contributed by atoms with Crippen LogP contribution in [0.3, 0.4) is 0 Å². The molecule has 1 aromatic carbocycles. The van der Waals surface area contributed by atoms with Crippen molar-refractivity contribution in [1.82, 2.24) is 15.2 Å². The molecule has 0 aliphatic carbocycles. The van der Waals surface area contributed by atoms with E-state index in [9.17, 15) is 9.59 Å². The molecule has 1 aliphatic rings. The van der Waals surface area contributed by atoms with E-state index in [-0.39, 0.29) is 12.5 Å². The summed E-state index contributed by atoms with van der Waals surface area (Å²) < 4.78 is 11.1. The molecule has 3 amide bonds. The molecule has 0 unspecified atom stereocenters. The van der Waals surface area contributed by atoms with Crippen molar-refractivity contribution < 1.29 is 19.1 Å². The first kappa shape index (κ1) is 22.4. The quantitative estimate of drug-likeness (QED) is 0.668. The number of urea groups is 1. The van der Waals surface area contributed by atoms with Crippen LogP contribution in [0.5, 0.6) is 11.5 Å². The Labute approximate surface area is 182 Å². The molecule has 0 bridgehead atoms. The topological polar surface area (TPSA) is 96.0 Å². The fourth-order valence-corrected chi connectivity index (χ4v) is 3.34. The van der Waals surface area contributed by atoms with Crippen molar-refractivity contribution in [2.75, 3.05) is 56.2 Å². The molecule has 1 saturated heterocycles. The number of nitrogens with one attached hydrogen (secondary N) is 2. The Hall–Kier alpha value is -3.33. The van der Waals surface area contributed by atoms with Gasteiger partial charge in [-0.15, -0.1) is 0 Å². The number of imide groups is 1. The summed E-state index contributed by atoms with van der Waals surface area (Å²) in [6, 6.07) is 10.4. The summed E-state index contributed by atoms with van der Waals surface area (Å²) in [6.45, 7) is 7.92. The summed E-state index contributed by atoms with van der Waals surface area (Å²) in [5.74, 6) is 1.74. The first-order chi connectivity index (χ1) is 15.1. The maximum atomic E-state index is 12.3. The molecule has 2 N–H and O–H groups in total. The number of nitrogens with zero attached hydrogens (tertiary/aromatic N) is 3. The van der Waals surface area contributed by atoms with E-state index in [0.29, 0.717) is 30.4 Å². The summed E-state index contributed by atoms with van der Waals surface area (Å²) in [5.41, 5.74) is 0.515. The number of pyridine rings is 1. The van der Waals surface area contributed by atoms with Gasteiger partial charge in [-0.1, -0.05) is 6.07 Å². The van der Waals surface area contributed by atoms with Crippen LogP contribution in [0, 0.1) is 0 Å². The Morgan fingerprint density at radius 3 is 2.42 bits per heavy atom. The zero-order valence-corrected chi connectivity index (χ0v) is 18.0. The molecule has 1 aliphatic heterocycles. The van der Waals surface area contributed by atoms with Crippen molar-refractivity contribution >= 4 is 23.4 Å². The number of amides is 3. The summed E-state index contributed by atoms with van der Waals surface area (Å²) >= 11 is 0. The van der Waals surface area contributed by atoms with E-state index < -0.39 is 6.03 Å². The van der Waals surface area contributed by atoms with E-state index in [4.69, 9.17) is 9.47 Å². The fraction of sp³-hybridized carbons (Fsp3) is 0.409. The van der Waals surface area contributed by atoms with Crippen LogP contribution in [-0.4, -0.2) is 67.8 Å². The highest BCUT2D eigenvalue weighted by atomic mass is 16.5. The molecule has 1 aromatic heterocycles. The largest absolute Gasteiger partial charge is 0.490 e. The number of hydrogen-bond donors (Lipinski definition) is 2. The molecule has 9 heteroatoms. The fourth-order valence-electron chi connectivity index (χ4n) is 3.34. The average Bonchev–Trinajstić information content (AvgIpc) is 2.77. The Morgan fingerprint density at radius 1 is 1.00 bits per heavy atom. The first-order valence-corrected chi connectivity index (χ1v) is 10.5. The van der Waals surface area contributed by atoms with Crippen LogP contribution in [-0.2, 0) is 4.79 Å². The third-order valence-electron chi connectivity index (χ3n) is 4.77. The summed E-state index contributed by atoms with van der Waals surface area (Å²) in [7, 11) is 0. The van der Waals surface area contributed by atoms with Gasteiger partial charge in [0.05, 0.1) is 19.8 Å². The lowest BCUT2D eigenvalue weighted by Gasteiger charge is -2.34. The minimum absolute atomic E-state index is 0.164. The smallest absolute Gasteiger partial charge is 0.325 e. The van der Waals surface area contributed by atoms with Crippen LogP contribution < -0.4 is 25.0 Å². The van der Waals surface area contributed by atoms with Gasteiger partial charge in [0.1, 0.15) is 5.82 Å². The van der Waals surface area contributed by atoms with Gasteiger partial charge in [-0.05, 0) is 38.1 Å². The Morgan fingerprint density at radius 2 is 1.74 bits per heavy atom. The molecule has 0 spiro atoms. The standard InChI is InChI=1S/C22H29N5O4/c1-3-30-18-9-8-17(15-19(18)31-4-2)24-22(29)25-21(28)16-26-11-13-27(14-12-26)20-7-5-6-10-23-20/h5-10,15H,3-4,11-14,16H2,1-2H3,(H2,24,25,28,29). The zero-order valence-electron chi connectivity index (χ0n) is 18.0. The maximum absolute atomic E-state index is 12.3. The molecule has 2 aromatic rings. The van der Waals surface area contributed by atoms with E-state index in [1.807, 2.05) is 36.9 Å². The number of rotatable bonds is 8. The molecule has 0 atom stereocenters. The second-order valence-electron chi connectivity index (χ2n) is 6.98. The van der Waals surface area contributed by atoms with Crippen LogP contribution in [0.15, 0.2) is 42.6 Å². The highest BCUT2D eigenvalue weighted by Crippen LogP contribution is 2.30. The molecule has 166 valence electrons. The van der Waals surface area contributed by atoms with E-state index in [0.717, 1.165) is 32.0 Å². The molecule has 0 saturated carbocycles. The summed E-state index contributed by atoms with van der Waals surface area (Å²) in [6.07, 6.45) is 1.77. The van der Waals surface area contributed by atoms with Gasteiger partial charge in [0.25, 0.3) is 0 Å². The van der Waals surface area contributed by atoms with Crippen molar-refractivity contribution in [3.63, 3.8) is 0 Å². The van der Waals surface area contributed by atoms with E-state index in [1.54, 1.807) is 24.4 Å². The lowest BCUT2D eigenvalue weighted by Crippen LogP contribution is -2.50. The third kappa shape index (κ3) is 6.58. The Balaban J connectivity index is 1.45. The summed E-state index contributed by atoms with van der Waals surface area (Å²) in [5, 5.41) is 5.05. The van der Waals surface area contributed by atoms with Crippen LogP contribution in [0.1, 0.15) is 13.8 Å². The van der Waals surface area contributed by atoms with Gasteiger partial charge in [-0.2, -0.15) is 0 Å². The molecule has 9 nitrogen and oxygen atoms in total. The molecule has 0 radical (unpaired) electrons. The number of aromatic nitrogens is 1.